The summed E-state index contributed by atoms with van der Waals surface area (Å²) in [6, 6.07) is 14.0. The van der Waals surface area contributed by atoms with Gasteiger partial charge in [-0.1, -0.05) is 43.5 Å². The summed E-state index contributed by atoms with van der Waals surface area (Å²) < 4.78 is 5.65. The Balaban J connectivity index is 1.33. The van der Waals surface area contributed by atoms with Gasteiger partial charge in [0.1, 0.15) is 5.75 Å². The van der Waals surface area contributed by atoms with E-state index < -0.39 is 11.8 Å². The van der Waals surface area contributed by atoms with Crippen molar-refractivity contribution in [2.45, 2.75) is 26.2 Å². The van der Waals surface area contributed by atoms with Gasteiger partial charge >= 0.3 is 11.8 Å². The monoisotopic (exact) mass is 500 g/mol. The number of nitrogens with zero attached hydrogens (tertiary/aromatic N) is 2. The lowest BCUT2D eigenvalue weighted by Crippen LogP contribution is -2.50. The van der Waals surface area contributed by atoms with Crippen LogP contribution in [0.4, 0.5) is 5.69 Å². The van der Waals surface area contributed by atoms with Gasteiger partial charge in [0.05, 0.1) is 17.2 Å². The van der Waals surface area contributed by atoms with E-state index in [9.17, 15) is 14.4 Å². The number of rotatable bonds is 10. The standard InChI is InChI=1S/C26H33ClN4O4/c1-2-3-6-19-35-21-11-9-20(10-12-21)29-25(33)24(32)28-13-14-30-15-17-31(18-16-30)26(34)22-7-4-5-8-23(22)27/h4-5,7-12H,2-3,6,13-19H2,1H3,(H,28,32)(H,29,33). The highest BCUT2D eigenvalue weighted by Gasteiger charge is 2.23. The molecule has 188 valence electrons. The van der Waals surface area contributed by atoms with Crippen LogP contribution in [0.2, 0.25) is 5.02 Å². The molecule has 2 aromatic carbocycles. The first-order valence-electron chi connectivity index (χ1n) is 12.1. The van der Waals surface area contributed by atoms with E-state index in [1.807, 2.05) is 0 Å². The minimum atomic E-state index is -0.711. The van der Waals surface area contributed by atoms with Gasteiger partial charge in [0.15, 0.2) is 0 Å². The average Bonchev–Trinajstić information content (AvgIpc) is 2.88. The average molecular weight is 501 g/mol. The van der Waals surface area contributed by atoms with Crippen LogP contribution in [-0.4, -0.2) is 73.4 Å². The van der Waals surface area contributed by atoms with E-state index >= 15 is 0 Å². The van der Waals surface area contributed by atoms with E-state index in [0.717, 1.165) is 25.0 Å². The summed E-state index contributed by atoms with van der Waals surface area (Å²) in [6.45, 7) is 6.27. The van der Waals surface area contributed by atoms with Crippen LogP contribution in [0, 0.1) is 0 Å². The van der Waals surface area contributed by atoms with Crippen molar-refractivity contribution < 1.29 is 19.1 Å². The Morgan fingerprint density at radius 2 is 1.66 bits per heavy atom. The van der Waals surface area contributed by atoms with Crippen molar-refractivity contribution in [3.05, 3.63) is 59.1 Å². The lowest BCUT2D eigenvalue weighted by Gasteiger charge is -2.34. The van der Waals surface area contributed by atoms with Gasteiger partial charge in [0, 0.05) is 45.0 Å². The molecule has 0 bridgehead atoms. The lowest BCUT2D eigenvalue weighted by molar-refractivity contribution is -0.136. The van der Waals surface area contributed by atoms with Crippen molar-refractivity contribution in [2.75, 3.05) is 51.2 Å². The van der Waals surface area contributed by atoms with Crippen molar-refractivity contribution >= 4 is 35.0 Å². The summed E-state index contributed by atoms with van der Waals surface area (Å²) in [5.41, 5.74) is 1.04. The number of carbonyl (C=O) groups excluding carboxylic acids is 3. The van der Waals surface area contributed by atoms with Gasteiger partial charge in [0.25, 0.3) is 5.91 Å². The molecular weight excluding hydrogens is 468 g/mol. The van der Waals surface area contributed by atoms with E-state index in [1.165, 1.54) is 0 Å². The maximum absolute atomic E-state index is 12.7. The molecule has 3 rings (SSSR count). The lowest BCUT2D eigenvalue weighted by atomic mass is 10.2. The number of nitrogens with one attached hydrogen (secondary N) is 2. The summed E-state index contributed by atoms with van der Waals surface area (Å²) in [5.74, 6) is -0.734. The largest absolute Gasteiger partial charge is 0.494 e. The summed E-state index contributed by atoms with van der Waals surface area (Å²) in [5, 5.41) is 5.70. The zero-order chi connectivity index (χ0) is 25.0. The number of ether oxygens (including phenoxy) is 1. The third-order valence-electron chi connectivity index (χ3n) is 5.81. The molecule has 1 aliphatic rings. The van der Waals surface area contributed by atoms with E-state index in [4.69, 9.17) is 16.3 Å². The molecule has 1 saturated heterocycles. The fourth-order valence-corrected chi connectivity index (χ4v) is 3.97. The third-order valence-corrected chi connectivity index (χ3v) is 6.14. The second kappa shape index (κ2) is 13.7. The Hall–Kier alpha value is -3.10. The Morgan fingerprint density at radius 1 is 0.943 bits per heavy atom. The molecule has 8 nitrogen and oxygen atoms in total. The quantitative estimate of drug-likeness (QED) is 0.385. The molecule has 1 heterocycles. The van der Waals surface area contributed by atoms with Crippen LogP contribution < -0.4 is 15.4 Å². The highest BCUT2D eigenvalue weighted by Crippen LogP contribution is 2.18. The first-order valence-corrected chi connectivity index (χ1v) is 12.4. The van der Waals surface area contributed by atoms with Gasteiger partial charge < -0.3 is 20.3 Å². The number of hydrogen-bond acceptors (Lipinski definition) is 5. The number of halogens is 1. The Morgan fingerprint density at radius 3 is 2.34 bits per heavy atom. The second-order valence-electron chi connectivity index (χ2n) is 8.40. The van der Waals surface area contributed by atoms with Crippen LogP contribution >= 0.6 is 11.6 Å². The van der Waals surface area contributed by atoms with E-state index in [2.05, 4.69) is 22.5 Å². The number of amides is 3. The molecule has 0 radical (unpaired) electrons. The molecule has 1 fully saturated rings. The predicted molar refractivity (Wildman–Crippen MR) is 137 cm³/mol. The first kappa shape index (κ1) is 26.5. The topological polar surface area (TPSA) is 91.0 Å². The minimum absolute atomic E-state index is 0.0729. The fourth-order valence-electron chi connectivity index (χ4n) is 3.75. The molecule has 35 heavy (non-hydrogen) atoms. The molecule has 2 aromatic rings. The van der Waals surface area contributed by atoms with E-state index in [0.29, 0.717) is 62.1 Å². The second-order valence-corrected chi connectivity index (χ2v) is 8.81. The normalized spacial score (nSPS) is 13.8. The third kappa shape index (κ3) is 8.26. The van der Waals surface area contributed by atoms with Gasteiger partial charge in [-0.25, -0.2) is 0 Å². The molecular formula is C26H33ClN4O4. The number of anilines is 1. The highest BCUT2D eigenvalue weighted by molar-refractivity contribution is 6.39. The van der Waals surface area contributed by atoms with Gasteiger partial charge in [-0.05, 0) is 42.8 Å². The van der Waals surface area contributed by atoms with Gasteiger partial charge in [0.2, 0.25) is 0 Å². The number of unbranched alkanes of at least 4 members (excludes halogenated alkanes) is 2. The Bertz CT molecular complexity index is 991. The van der Waals surface area contributed by atoms with Crippen LogP contribution in [0.1, 0.15) is 36.5 Å². The molecule has 2 N–H and O–H groups in total. The van der Waals surface area contributed by atoms with Crippen LogP contribution in [-0.2, 0) is 9.59 Å². The smallest absolute Gasteiger partial charge is 0.313 e. The Labute approximate surface area is 211 Å². The highest BCUT2D eigenvalue weighted by atomic mass is 35.5. The van der Waals surface area contributed by atoms with Crippen molar-refractivity contribution in [3.8, 4) is 5.75 Å². The molecule has 1 aliphatic heterocycles. The summed E-state index contributed by atoms with van der Waals surface area (Å²) in [6.07, 6.45) is 3.27. The zero-order valence-electron chi connectivity index (χ0n) is 20.1. The molecule has 0 saturated carbocycles. The Kier molecular flexibility index (Phi) is 10.4. The van der Waals surface area contributed by atoms with Crippen LogP contribution in [0.15, 0.2) is 48.5 Å². The summed E-state index contributed by atoms with van der Waals surface area (Å²) in [7, 11) is 0. The predicted octanol–water partition coefficient (Wildman–Crippen LogP) is 3.42. The van der Waals surface area contributed by atoms with Gasteiger partial charge in [-0.15, -0.1) is 0 Å². The minimum Gasteiger partial charge on any atom is -0.494 e. The number of carbonyl (C=O) groups is 3. The molecule has 0 spiro atoms. The van der Waals surface area contributed by atoms with Crippen LogP contribution in [0.5, 0.6) is 5.75 Å². The van der Waals surface area contributed by atoms with E-state index in [-0.39, 0.29) is 5.91 Å². The van der Waals surface area contributed by atoms with Crippen molar-refractivity contribution in [1.82, 2.24) is 15.1 Å². The molecule has 9 heteroatoms. The number of hydrogen-bond donors (Lipinski definition) is 2. The van der Waals surface area contributed by atoms with Gasteiger partial charge in [-0.2, -0.15) is 0 Å². The van der Waals surface area contributed by atoms with Crippen LogP contribution in [0.25, 0.3) is 0 Å². The number of benzene rings is 2. The molecule has 3 amide bonds. The van der Waals surface area contributed by atoms with Crippen molar-refractivity contribution in [3.63, 3.8) is 0 Å². The molecule has 0 unspecified atom stereocenters. The van der Waals surface area contributed by atoms with Crippen molar-refractivity contribution in [1.29, 1.82) is 0 Å². The van der Waals surface area contributed by atoms with Crippen molar-refractivity contribution in [2.24, 2.45) is 0 Å². The van der Waals surface area contributed by atoms with Crippen LogP contribution in [0.3, 0.4) is 0 Å². The molecule has 0 aliphatic carbocycles. The number of piperazine rings is 1. The SMILES string of the molecule is CCCCCOc1ccc(NC(=O)C(=O)NCCN2CCN(C(=O)c3ccccc3Cl)CC2)cc1. The maximum atomic E-state index is 12.7. The first-order chi connectivity index (χ1) is 17.0. The molecule has 0 aromatic heterocycles. The summed E-state index contributed by atoms with van der Waals surface area (Å²) >= 11 is 6.14. The maximum Gasteiger partial charge on any atom is 0.313 e. The summed E-state index contributed by atoms with van der Waals surface area (Å²) in [4.78, 5) is 40.9. The zero-order valence-corrected chi connectivity index (χ0v) is 20.9. The van der Waals surface area contributed by atoms with E-state index in [1.54, 1.807) is 53.4 Å². The fraction of sp³-hybridized carbons (Fsp3) is 0.423. The molecule has 0 atom stereocenters. The van der Waals surface area contributed by atoms with Gasteiger partial charge in [-0.3, -0.25) is 19.3 Å².